The Morgan fingerprint density at radius 2 is 1.69 bits per heavy atom. The molecule has 0 saturated heterocycles. The Kier molecular flexibility index (Phi) is 6.96. The van der Waals surface area contributed by atoms with E-state index in [2.05, 4.69) is 25.7 Å². The maximum Gasteiger partial charge on any atom is 0.411 e. The Morgan fingerprint density at radius 1 is 1.08 bits per heavy atom. The van der Waals surface area contributed by atoms with Crippen LogP contribution in [0.15, 0.2) is 47.5 Å². The van der Waals surface area contributed by atoms with Crippen LogP contribution in [0, 0.1) is 12.7 Å². The van der Waals surface area contributed by atoms with Crippen molar-refractivity contribution in [2.75, 3.05) is 19.5 Å². The number of rotatable bonds is 5. The van der Waals surface area contributed by atoms with Crippen LogP contribution < -0.4 is 16.0 Å². The monoisotopic (exact) mass is 358 g/mol. The van der Waals surface area contributed by atoms with Gasteiger partial charge < -0.3 is 15.4 Å². The molecule has 0 aliphatic carbocycles. The molecule has 1 amide bonds. The third-order valence-corrected chi connectivity index (χ3v) is 3.75. The van der Waals surface area contributed by atoms with E-state index in [0.29, 0.717) is 30.3 Å². The zero-order chi connectivity index (χ0) is 18.9. The molecule has 138 valence electrons. The van der Waals surface area contributed by atoms with Crippen molar-refractivity contribution in [1.82, 2.24) is 10.6 Å². The third-order valence-electron chi connectivity index (χ3n) is 3.75. The van der Waals surface area contributed by atoms with E-state index in [4.69, 9.17) is 0 Å². The highest BCUT2D eigenvalue weighted by molar-refractivity contribution is 5.84. The van der Waals surface area contributed by atoms with E-state index < -0.39 is 6.09 Å². The van der Waals surface area contributed by atoms with Gasteiger partial charge in [0.15, 0.2) is 5.96 Å². The highest BCUT2D eigenvalue weighted by Crippen LogP contribution is 2.10. The molecule has 3 N–H and O–H groups in total. The predicted molar refractivity (Wildman–Crippen MR) is 101 cm³/mol. The Morgan fingerprint density at radius 3 is 2.27 bits per heavy atom. The summed E-state index contributed by atoms with van der Waals surface area (Å²) < 4.78 is 17.9. The summed E-state index contributed by atoms with van der Waals surface area (Å²) in [6.45, 7) is 2.86. The van der Waals surface area contributed by atoms with Crippen molar-refractivity contribution < 1.29 is 13.9 Å². The SMILES string of the molecule is CN=C(NCc1ccc(NC(=O)OC)cc1)NCc1ccc(F)c(C)c1. The quantitative estimate of drug-likeness (QED) is 0.567. The Bertz CT molecular complexity index is 776. The number of guanidine groups is 1. The fourth-order valence-corrected chi connectivity index (χ4v) is 2.28. The molecule has 26 heavy (non-hydrogen) atoms. The molecular weight excluding hydrogens is 335 g/mol. The summed E-state index contributed by atoms with van der Waals surface area (Å²) in [5.41, 5.74) is 3.29. The number of halogens is 1. The van der Waals surface area contributed by atoms with Crippen molar-refractivity contribution in [2.45, 2.75) is 20.0 Å². The smallest absolute Gasteiger partial charge is 0.411 e. The van der Waals surface area contributed by atoms with E-state index in [9.17, 15) is 9.18 Å². The van der Waals surface area contributed by atoms with Crippen LogP contribution in [0.1, 0.15) is 16.7 Å². The number of carbonyl (C=O) groups is 1. The van der Waals surface area contributed by atoms with Gasteiger partial charge in [-0.2, -0.15) is 0 Å². The van der Waals surface area contributed by atoms with E-state index in [1.807, 2.05) is 18.2 Å². The molecule has 0 spiro atoms. The number of benzene rings is 2. The molecule has 0 bridgehead atoms. The van der Waals surface area contributed by atoms with Crippen molar-refractivity contribution in [3.8, 4) is 0 Å². The number of anilines is 1. The van der Waals surface area contributed by atoms with Gasteiger partial charge >= 0.3 is 6.09 Å². The Labute approximate surface area is 152 Å². The lowest BCUT2D eigenvalue weighted by Gasteiger charge is -2.13. The molecule has 0 aromatic heterocycles. The van der Waals surface area contributed by atoms with Gasteiger partial charge in [-0.05, 0) is 41.8 Å². The van der Waals surface area contributed by atoms with Crippen molar-refractivity contribution >= 4 is 17.7 Å². The van der Waals surface area contributed by atoms with Crippen LogP contribution in [0.4, 0.5) is 14.9 Å². The van der Waals surface area contributed by atoms with Crippen molar-refractivity contribution in [2.24, 2.45) is 4.99 Å². The van der Waals surface area contributed by atoms with Crippen LogP contribution in [0.3, 0.4) is 0 Å². The minimum absolute atomic E-state index is 0.207. The van der Waals surface area contributed by atoms with E-state index in [1.54, 1.807) is 32.2 Å². The van der Waals surface area contributed by atoms with Gasteiger partial charge in [0.05, 0.1) is 7.11 Å². The van der Waals surface area contributed by atoms with Gasteiger partial charge in [0.1, 0.15) is 5.82 Å². The van der Waals surface area contributed by atoms with Gasteiger partial charge in [-0.25, -0.2) is 9.18 Å². The highest BCUT2D eigenvalue weighted by Gasteiger charge is 2.03. The standard InChI is InChI=1S/C19H23FN4O2/c1-13-10-15(6-9-17(13)20)12-23-18(21-2)22-11-14-4-7-16(8-5-14)24-19(25)26-3/h4-10H,11-12H2,1-3H3,(H,24,25)(H2,21,22,23). The van der Waals surface area contributed by atoms with Crippen molar-refractivity contribution in [1.29, 1.82) is 0 Å². The summed E-state index contributed by atoms with van der Waals surface area (Å²) in [7, 11) is 3.01. The average molecular weight is 358 g/mol. The minimum Gasteiger partial charge on any atom is -0.453 e. The van der Waals surface area contributed by atoms with Crippen LogP contribution in [0.25, 0.3) is 0 Å². The molecule has 0 unspecified atom stereocenters. The summed E-state index contributed by atoms with van der Waals surface area (Å²) in [6, 6.07) is 12.4. The number of carbonyl (C=O) groups excluding carboxylic acids is 1. The van der Waals surface area contributed by atoms with Gasteiger partial charge in [0, 0.05) is 25.8 Å². The molecule has 6 nitrogen and oxygen atoms in total. The molecule has 2 rings (SSSR count). The Hall–Kier alpha value is -3.09. The maximum absolute atomic E-state index is 13.3. The summed E-state index contributed by atoms with van der Waals surface area (Å²) in [6.07, 6.45) is -0.503. The first-order valence-electron chi connectivity index (χ1n) is 8.15. The van der Waals surface area contributed by atoms with E-state index in [-0.39, 0.29) is 5.82 Å². The maximum atomic E-state index is 13.3. The molecule has 0 saturated carbocycles. The van der Waals surface area contributed by atoms with E-state index in [0.717, 1.165) is 11.1 Å². The first-order valence-corrected chi connectivity index (χ1v) is 8.15. The number of nitrogens with zero attached hydrogens (tertiary/aromatic N) is 1. The summed E-state index contributed by atoms with van der Waals surface area (Å²) >= 11 is 0. The van der Waals surface area contributed by atoms with Crippen LogP contribution in [-0.4, -0.2) is 26.2 Å². The van der Waals surface area contributed by atoms with Gasteiger partial charge in [0.25, 0.3) is 0 Å². The van der Waals surface area contributed by atoms with Crippen LogP contribution in [-0.2, 0) is 17.8 Å². The molecule has 0 fully saturated rings. The Balaban J connectivity index is 1.84. The molecule has 0 heterocycles. The zero-order valence-corrected chi connectivity index (χ0v) is 15.1. The summed E-state index contributed by atoms with van der Waals surface area (Å²) in [4.78, 5) is 15.3. The second-order valence-electron chi connectivity index (χ2n) is 5.68. The number of nitrogens with one attached hydrogen (secondary N) is 3. The number of methoxy groups -OCH3 is 1. The van der Waals surface area contributed by atoms with Gasteiger partial charge in [-0.1, -0.05) is 24.3 Å². The lowest BCUT2D eigenvalue weighted by Crippen LogP contribution is -2.36. The van der Waals surface area contributed by atoms with Crippen molar-refractivity contribution in [3.63, 3.8) is 0 Å². The lowest BCUT2D eigenvalue weighted by molar-refractivity contribution is 0.187. The van der Waals surface area contributed by atoms with Gasteiger partial charge in [-0.15, -0.1) is 0 Å². The van der Waals surface area contributed by atoms with Gasteiger partial charge in [-0.3, -0.25) is 10.3 Å². The second kappa shape index (κ2) is 9.41. The molecule has 7 heteroatoms. The normalized spacial score (nSPS) is 11.0. The van der Waals surface area contributed by atoms with Crippen LogP contribution in [0.2, 0.25) is 0 Å². The second-order valence-corrected chi connectivity index (χ2v) is 5.68. The fourth-order valence-electron chi connectivity index (χ4n) is 2.28. The number of hydrogen-bond acceptors (Lipinski definition) is 3. The fraction of sp³-hybridized carbons (Fsp3) is 0.263. The largest absolute Gasteiger partial charge is 0.453 e. The number of ether oxygens (including phenoxy) is 1. The molecule has 0 aliphatic rings. The molecule has 0 radical (unpaired) electrons. The minimum atomic E-state index is -0.503. The van der Waals surface area contributed by atoms with Crippen LogP contribution in [0.5, 0.6) is 0 Å². The van der Waals surface area contributed by atoms with Crippen LogP contribution >= 0.6 is 0 Å². The zero-order valence-electron chi connectivity index (χ0n) is 15.1. The number of aliphatic imine (C=N–C) groups is 1. The van der Waals surface area contributed by atoms with Gasteiger partial charge in [0.2, 0.25) is 0 Å². The number of amides is 1. The highest BCUT2D eigenvalue weighted by atomic mass is 19.1. The third kappa shape index (κ3) is 5.77. The number of aryl methyl sites for hydroxylation is 1. The topological polar surface area (TPSA) is 74.8 Å². The first kappa shape index (κ1) is 19.2. The molecular formula is C19H23FN4O2. The van der Waals surface area contributed by atoms with Crippen molar-refractivity contribution in [3.05, 3.63) is 65.0 Å². The predicted octanol–water partition coefficient (Wildman–Crippen LogP) is 3.18. The molecule has 2 aromatic carbocycles. The lowest BCUT2D eigenvalue weighted by atomic mass is 10.1. The van der Waals surface area contributed by atoms with E-state index >= 15 is 0 Å². The summed E-state index contributed by atoms with van der Waals surface area (Å²) in [5.74, 6) is 0.435. The first-order chi connectivity index (χ1) is 12.5. The number of hydrogen-bond donors (Lipinski definition) is 3. The molecule has 2 aromatic rings. The van der Waals surface area contributed by atoms with E-state index in [1.165, 1.54) is 13.2 Å². The summed E-state index contributed by atoms with van der Waals surface area (Å²) in [5, 5.41) is 8.99. The molecule has 0 atom stereocenters. The molecule has 0 aliphatic heterocycles. The average Bonchev–Trinajstić information content (AvgIpc) is 2.65.